The monoisotopic (exact) mass is 151 g/mol. The third-order valence-electron chi connectivity index (χ3n) is 0.661. The second-order valence-electron chi connectivity index (χ2n) is 1.41. The summed E-state index contributed by atoms with van der Waals surface area (Å²) >= 11 is 0. The summed E-state index contributed by atoms with van der Waals surface area (Å²) in [7, 11) is 0. The maximum atomic E-state index is 11.3. The summed E-state index contributed by atoms with van der Waals surface area (Å²) < 4.78 is 41.5. The van der Waals surface area contributed by atoms with Crippen LogP contribution in [0.1, 0.15) is 0 Å². The zero-order chi connectivity index (χ0) is 7.61. The Morgan fingerprint density at radius 3 is 2.60 bits per heavy atom. The summed E-state index contributed by atoms with van der Waals surface area (Å²) in [5, 5.41) is 0. The lowest BCUT2D eigenvalue weighted by Crippen LogP contribution is -2.16. The molecule has 0 aliphatic heterocycles. The summed E-state index contributed by atoms with van der Waals surface area (Å²) in [5.74, 6) is -0.604. The highest BCUT2D eigenvalue weighted by Gasteiger charge is 2.32. The van der Waals surface area contributed by atoms with Crippen molar-refractivity contribution >= 4 is 0 Å². The van der Waals surface area contributed by atoms with Gasteiger partial charge in [-0.05, 0) is 0 Å². The number of halogens is 3. The van der Waals surface area contributed by atoms with Crippen molar-refractivity contribution in [3.05, 3.63) is 18.4 Å². The third kappa shape index (κ3) is 2.00. The Morgan fingerprint density at radius 2 is 2.20 bits per heavy atom. The molecule has 1 aromatic rings. The molecule has 1 aromatic heterocycles. The Morgan fingerprint density at radius 1 is 1.50 bits per heavy atom. The van der Waals surface area contributed by atoms with Crippen LogP contribution in [-0.4, -0.2) is 6.36 Å². The topological polar surface area (TPSA) is 22.4 Å². The normalized spacial score (nSPS) is 11.5. The number of ether oxygens (including phenoxy) is 1. The summed E-state index contributed by atoms with van der Waals surface area (Å²) in [5.41, 5.74) is 0. The van der Waals surface area contributed by atoms with Gasteiger partial charge in [-0.1, -0.05) is 0 Å². The van der Waals surface area contributed by atoms with E-state index in [2.05, 4.69) is 15.2 Å². The lowest BCUT2D eigenvalue weighted by molar-refractivity contribution is -0.280. The Hall–Kier alpha value is -1.13. The molecule has 0 spiro atoms. The summed E-state index contributed by atoms with van der Waals surface area (Å²) in [6.07, 6.45) is -3.72. The smallest absolute Gasteiger partial charge is 0.433 e. The molecule has 0 aromatic carbocycles. The van der Waals surface area contributed by atoms with E-state index in [0.717, 1.165) is 12.3 Å². The van der Waals surface area contributed by atoms with Gasteiger partial charge in [-0.3, -0.25) is 0 Å². The van der Waals surface area contributed by atoms with E-state index >= 15 is 0 Å². The van der Waals surface area contributed by atoms with E-state index in [1.165, 1.54) is 0 Å². The van der Waals surface area contributed by atoms with Crippen molar-refractivity contribution in [3.8, 4) is 5.95 Å². The molecule has 0 amide bonds. The fraction of sp³-hybridized carbons (Fsp3) is 0.200. The Labute approximate surface area is 54.2 Å². The molecule has 0 aliphatic rings. The second kappa shape index (κ2) is 2.24. The Kier molecular flexibility index (Phi) is 1.57. The minimum absolute atomic E-state index is 0.604. The molecule has 0 saturated carbocycles. The second-order valence-corrected chi connectivity index (χ2v) is 1.41. The molecule has 1 radical (unpaired) electrons. The van der Waals surface area contributed by atoms with E-state index in [9.17, 15) is 13.2 Å². The van der Waals surface area contributed by atoms with Crippen LogP contribution in [-0.2, 0) is 0 Å². The minimum Gasteiger partial charge on any atom is -0.433 e. The highest BCUT2D eigenvalue weighted by molar-refractivity contribution is 5.02. The van der Waals surface area contributed by atoms with Gasteiger partial charge in [0, 0.05) is 12.1 Å². The highest BCUT2D eigenvalue weighted by atomic mass is 19.4. The van der Waals surface area contributed by atoms with Crippen LogP contribution in [0.5, 0.6) is 5.95 Å². The number of rotatable bonds is 1. The van der Waals surface area contributed by atoms with Crippen LogP contribution in [0.25, 0.3) is 0 Å². The molecule has 5 heteroatoms. The Balaban J connectivity index is 2.57. The van der Waals surface area contributed by atoms with Crippen LogP contribution >= 0.6 is 0 Å². The van der Waals surface area contributed by atoms with Gasteiger partial charge < -0.3 is 9.15 Å². The average molecular weight is 151 g/mol. The number of furan rings is 1. The molecule has 55 valence electrons. The molecular weight excluding hydrogens is 149 g/mol. The van der Waals surface area contributed by atoms with Gasteiger partial charge in [0.25, 0.3) is 5.95 Å². The molecule has 0 bridgehead atoms. The van der Waals surface area contributed by atoms with Gasteiger partial charge in [0.2, 0.25) is 0 Å². The largest absolute Gasteiger partial charge is 0.575 e. The van der Waals surface area contributed by atoms with Crippen molar-refractivity contribution in [1.82, 2.24) is 0 Å². The van der Waals surface area contributed by atoms with Crippen LogP contribution in [0.4, 0.5) is 13.2 Å². The first-order chi connectivity index (χ1) is 4.58. The van der Waals surface area contributed by atoms with Crippen LogP contribution in [0, 0.1) is 6.07 Å². The summed E-state index contributed by atoms with van der Waals surface area (Å²) in [4.78, 5) is 0. The van der Waals surface area contributed by atoms with E-state index < -0.39 is 12.3 Å². The predicted octanol–water partition coefficient (Wildman–Crippen LogP) is 1.98. The highest BCUT2D eigenvalue weighted by Crippen LogP contribution is 2.21. The lowest BCUT2D eigenvalue weighted by atomic mass is 10.7. The maximum Gasteiger partial charge on any atom is 0.575 e. The summed E-state index contributed by atoms with van der Waals surface area (Å²) in [6, 6.07) is 3.21. The van der Waals surface area contributed by atoms with Crippen LogP contribution in [0.3, 0.4) is 0 Å². The third-order valence-corrected chi connectivity index (χ3v) is 0.661. The number of alkyl halides is 3. The van der Waals surface area contributed by atoms with Gasteiger partial charge >= 0.3 is 6.36 Å². The maximum absolute atomic E-state index is 11.3. The molecular formula is C5H2F3O2. The summed E-state index contributed by atoms with van der Waals surface area (Å²) in [6.45, 7) is 0. The standard InChI is InChI=1S/C5H2F3O2/c6-5(7,8)10-4-2-1-3-9-4/h2-3H. The molecule has 0 unspecified atom stereocenters. The first-order valence-corrected chi connectivity index (χ1v) is 2.28. The van der Waals surface area contributed by atoms with Gasteiger partial charge in [-0.25, -0.2) is 0 Å². The van der Waals surface area contributed by atoms with Gasteiger partial charge in [0.1, 0.15) is 6.26 Å². The molecule has 0 atom stereocenters. The van der Waals surface area contributed by atoms with Crippen molar-refractivity contribution in [3.63, 3.8) is 0 Å². The molecule has 0 fully saturated rings. The van der Waals surface area contributed by atoms with E-state index in [1.54, 1.807) is 0 Å². The molecule has 2 nitrogen and oxygen atoms in total. The van der Waals surface area contributed by atoms with Crippen LogP contribution < -0.4 is 4.74 Å². The molecule has 0 aliphatic carbocycles. The first-order valence-electron chi connectivity index (χ1n) is 2.28. The van der Waals surface area contributed by atoms with E-state index in [1.807, 2.05) is 0 Å². The fourth-order valence-electron chi connectivity index (χ4n) is 0.396. The van der Waals surface area contributed by atoms with Gasteiger partial charge in [0.05, 0.1) is 0 Å². The average Bonchev–Trinajstić information content (AvgIpc) is 2.12. The minimum atomic E-state index is -4.69. The number of hydrogen-bond acceptors (Lipinski definition) is 2. The lowest BCUT2D eigenvalue weighted by Gasteiger charge is -2.03. The fourth-order valence-corrected chi connectivity index (χ4v) is 0.396. The Bertz CT molecular complexity index is 189. The van der Waals surface area contributed by atoms with Gasteiger partial charge in [-0.2, -0.15) is 0 Å². The molecule has 0 N–H and O–H groups in total. The number of hydrogen-bond donors (Lipinski definition) is 0. The van der Waals surface area contributed by atoms with Crippen molar-refractivity contribution < 1.29 is 22.3 Å². The SMILES string of the molecule is FC(F)(F)Oc1c[c]co1. The van der Waals surface area contributed by atoms with Gasteiger partial charge in [0.15, 0.2) is 0 Å². The van der Waals surface area contributed by atoms with E-state index in [-0.39, 0.29) is 0 Å². The molecule has 0 saturated heterocycles. The predicted molar refractivity (Wildman–Crippen MR) is 24.2 cm³/mol. The van der Waals surface area contributed by atoms with Crippen LogP contribution in [0.2, 0.25) is 0 Å². The molecule has 1 rings (SSSR count). The molecule has 1 heterocycles. The van der Waals surface area contributed by atoms with Crippen molar-refractivity contribution in [2.24, 2.45) is 0 Å². The van der Waals surface area contributed by atoms with E-state index in [0.29, 0.717) is 0 Å². The van der Waals surface area contributed by atoms with Crippen molar-refractivity contribution in [2.75, 3.05) is 0 Å². The van der Waals surface area contributed by atoms with Crippen molar-refractivity contribution in [1.29, 1.82) is 0 Å². The van der Waals surface area contributed by atoms with Crippen LogP contribution in [0.15, 0.2) is 16.7 Å². The van der Waals surface area contributed by atoms with E-state index in [4.69, 9.17) is 0 Å². The quantitative estimate of drug-likeness (QED) is 0.612. The zero-order valence-corrected chi connectivity index (χ0v) is 4.61. The first kappa shape index (κ1) is 6.98. The van der Waals surface area contributed by atoms with Crippen molar-refractivity contribution in [2.45, 2.75) is 6.36 Å². The molecule has 10 heavy (non-hydrogen) atoms. The zero-order valence-electron chi connectivity index (χ0n) is 4.61. The van der Waals surface area contributed by atoms with Gasteiger partial charge in [-0.15, -0.1) is 13.2 Å².